The molecule has 4 rings (SSSR count). The summed E-state index contributed by atoms with van der Waals surface area (Å²) < 4.78 is 5.22. The molecule has 0 saturated carbocycles. The van der Waals surface area contributed by atoms with Crippen molar-refractivity contribution >= 4 is 34.4 Å². The average molecular weight is 335 g/mol. The summed E-state index contributed by atoms with van der Waals surface area (Å²) in [5.74, 6) is -1.18. The first-order valence-corrected chi connectivity index (χ1v) is 7.66. The van der Waals surface area contributed by atoms with Crippen LogP contribution in [0.1, 0.15) is 32.0 Å². The summed E-state index contributed by atoms with van der Waals surface area (Å²) >= 11 is 0. The van der Waals surface area contributed by atoms with Crippen LogP contribution in [0.3, 0.4) is 0 Å². The van der Waals surface area contributed by atoms with Crippen LogP contribution >= 0.6 is 0 Å². The van der Waals surface area contributed by atoms with E-state index in [4.69, 9.17) is 4.52 Å². The second kappa shape index (κ2) is 5.55. The lowest BCUT2D eigenvalue weighted by atomic mass is 10.1. The minimum Gasteiger partial charge on any atom is -0.356 e. The van der Waals surface area contributed by atoms with Crippen LogP contribution in [0.4, 0.5) is 5.69 Å². The fraction of sp³-hybridized carbons (Fsp3) is 0.111. The fourth-order valence-electron chi connectivity index (χ4n) is 2.83. The number of nitrogens with one attached hydrogen (secondary N) is 2. The van der Waals surface area contributed by atoms with E-state index in [-0.39, 0.29) is 17.9 Å². The molecule has 7 nitrogen and oxygen atoms in total. The van der Waals surface area contributed by atoms with Gasteiger partial charge in [-0.05, 0) is 37.3 Å². The number of carbonyl (C=O) groups excluding carboxylic acids is 3. The molecule has 0 fully saturated rings. The Bertz CT molecular complexity index is 1050. The van der Waals surface area contributed by atoms with Crippen molar-refractivity contribution < 1.29 is 18.9 Å². The number of rotatable bonds is 3. The van der Waals surface area contributed by atoms with Crippen molar-refractivity contribution in [3.8, 4) is 0 Å². The number of anilines is 1. The van der Waals surface area contributed by atoms with Gasteiger partial charge in [-0.25, -0.2) is 0 Å². The Morgan fingerprint density at radius 3 is 2.76 bits per heavy atom. The highest BCUT2D eigenvalue weighted by molar-refractivity contribution is 6.22. The minimum absolute atomic E-state index is 0.0403. The molecule has 2 aromatic carbocycles. The van der Waals surface area contributed by atoms with Crippen LogP contribution in [0.5, 0.6) is 0 Å². The van der Waals surface area contributed by atoms with Gasteiger partial charge in [-0.15, -0.1) is 0 Å². The monoisotopic (exact) mass is 335 g/mol. The van der Waals surface area contributed by atoms with Gasteiger partial charge in [0.05, 0.1) is 17.5 Å². The normalized spacial score (nSPS) is 13.0. The van der Waals surface area contributed by atoms with E-state index in [0.717, 1.165) is 10.9 Å². The number of carbonyl (C=O) groups is 3. The standard InChI is InChI=1S/C18H13N3O4/c1-9-2-5-15-13(6-9)14(21-25-15)8-16(22)19-10-3-4-11-12(7-10)18(24)20-17(11)23/h2-7H,8H2,1H3,(H,19,22)(H,20,23,24). The second-order valence-electron chi connectivity index (χ2n) is 5.90. The molecule has 1 aliphatic heterocycles. The average Bonchev–Trinajstić information content (AvgIpc) is 3.08. The maximum Gasteiger partial charge on any atom is 0.259 e. The summed E-state index contributed by atoms with van der Waals surface area (Å²) in [5.41, 5.74) is 3.22. The lowest BCUT2D eigenvalue weighted by Crippen LogP contribution is -2.19. The molecule has 0 unspecified atom stereocenters. The third-order valence-electron chi connectivity index (χ3n) is 4.05. The Balaban J connectivity index is 1.54. The van der Waals surface area contributed by atoms with Crippen molar-refractivity contribution in [3.05, 3.63) is 58.8 Å². The van der Waals surface area contributed by atoms with Gasteiger partial charge in [0.15, 0.2) is 5.58 Å². The number of amides is 3. The molecule has 0 atom stereocenters. The maximum absolute atomic E-state index is 12.3. The number of hydrogen-bond acceptors (Lipinski definition) is 5. The third kappa shape index (κ3) is 2.65. The molecule has 0 radical (unpaired) electrons. The van der Waals surface area contributed by atoms with Crippen LogP contribution in [-0.4, -0.2) is 22.9 Å². The molecule has 0 bridgehead atoms. The number of imide groups is 1. The topological polar surface area (TPSA) is 101 Å². The quantitative estimate of drug-likeness (QED) is 0.715. The van der Waals surface area contributed by atoms with Crippen molar-refractivity contribution in [3.63, 3.8) is 0 Å². The van der Waals surface area contributed by atoms with Gasteiger partial charge in [0, 0.05) is 11.1 Å². The molecule has 1 aromatic heterocycles. The van der Waals surface area contributed by atoms with Crippen molar-refractivity contribution in [2.75, 3.05) is 5.32 Å². The van der Waals surface area contributed by atoms with Crippen LogP contribution in [-0.2, 0) is 11.2 Å². The van der Waals surface area contributed by atoms with Gasteiger partial charge >= 0.3 is 0 Å². The number of aryl methyl sites for hydroxylation is 1. The van der Waals surface area contributed by atoms with Crippen molar-refractivity contribution in [1.29, 1.82) is 0 Å². The van der Waals surface area contributed by atoms with E-state index in [1.165, 1.54) is 12.1 Å². The lowest BCUT2D eigenvalue weighted by Gasteiger charge is -2.05. The van der Waals surface area contributed by atoms with E-state index in [2.05, 4.69) is 15.8 Å². The van der Waals surface area contributed by atoms with Gasteiger partial charge in [-0.2, -0.15) is 0 Å². The number of fused-ring (bicyclic) bond motifs is 2. The molecule has 3 aromatic rings. The zero-order valence-corrected chi connectivity index (χ0v) is 13.3. The van der Waals surface area contributed by atoms with Crippen LogP contribution in [0.15, 0.2) is 40.9 Å². The zero-order chi connectivity index (χ0) is 17.6. The van der Waals surface area contributed by atoms with Gasteiger partial charge < -0.3 is 9.84 Å². The highest BCUT2D eigenvalue weighted by atomic mass is 16.5. The first kappa shape index (κ1) is 15.1. The first-order chi connectivity index (χ1) is 12.0. The van der Waals surface area contributed by atoms with E-state index in [1.807, 2.05) is 25.1 Å². The molecule has 3 amide bonds. The van der Waals surface area contributed by atoms with Gasteiger partial charge in [0.2, 0.25) is 5.91 Å². The lowest BCUT2D eigenvalue weighted by molar-refractivity contribution is -0.115. The van der Waals surface area contributed by atoms with Crippen molar-refractivity contribution in [1.82, 2.24) is 10.5 Å². The summed E-state index contributed by atoms with van der Waals surface area (Å²) in [5, 5.41) is 9.68. The molecule has 0 aliphatic carbocycles. The maximum atomic E-state index is 12.3. The van der Waals surface area contributed by atoms with E-state index >= 15 is 0 Å². The first-order valence-electron chi connectivity index (χ1n) is 7.66. The number of hydrogen-bond donors (Lipinski definition) is 2. The van der Waals surface area contributed by atoms with E-state index in [9.17, 15) is 14.4 Å². The molecule has 124 valence electrons. The van der Waals surface area contributed by atoms with Crippen LogP contribution in [0, 0.1) is 6.92 Å². The SMILES string of the molecule is Cc1ccc2onc(CC(=O)Nc3ccc4c(c3)C(=O)NC4=O)c2c1. The molecule has 25 heavy (non-hydrogen) atoms. The Labute approximate surface area is 142 Å². The van der Waals surface area contributed by atoms with Gasteiger partial charge in [-0.3, -0.25) is 19.7 Å². The Hall–Kier alpha value is -3.48. The predicted molar refractivity (Wildman–Crippen MR) is 89.3 cm³/mol. The Kier molecular flexibility index (Phi) is 3.35. The summed E-state index contributed by atoms with van der Waals surface area (Å²) in [6.07, 6.45) is 0.0403. The highest BCUT2D eigenvalue weighted by Crippen LogP contribution is 2.22. The number of nitrogens with zero attached hydrogens (tertiary/aromatic N) is 1. The zero-order valence-electron chi connectivity index (χ0n) is 13.3. The van der Waals surface area contributed by atoms with E-state index < -0.39 is 11.8 Å². The molecule has 7 heteroatoms. The van der Waals surface area contributed by atoms with E-state index in [1.54, 1.807) is 6.07 Å². The molecular weight excluding hydrogens is 322 g/mol. The Morgan fingerprint density at radius 2 is 1.92 bits per heavy atom. The van der Waals surface area contributed by atoms with Gasteiger partial charge in [0.1, 0.15) is 5.69 Å². The number of benzene rings is 2. The molecule has 0 saturated heterocycles. The minimum atomic E-state index is -0.464. The molecule has 2 N–H and O–H groups in total. The van der Waals surface area contributed by atoms with Crippen molar-refractivity contribution in [2.45, 2.75) is 13.3 Å². The fourth-order valence-corrected chi connectivity index (χ4v) is 2.83. The summed E-state index contributed by atoms with van der Waals surface area (Å²) in [7, 11) is 0. The van der Waals surface area contributed by atoms with Crippen LogP contribution in [0.2, 0.25) is 0 Å². The van der Waals surface area contributed by atoms with Crippen LogP contribution in [0.25, 0.3) is 11.0 Å². The molecule has 0 spiro atoms. The van der Waals surface area contributed by atoms with Gasteiger partial charge in [0.25, 0.3) is 11.8 Å². The van der Waals surface area contributed by atoms with Crippen molar-refractivity contribution in [2.24, 2.45) is 0 Å². The second-order valence-corrected chi connectivity index (χ2v) is 5.90. The Morgan fingerprint density at radius 1 is 1.12 bits per heavy atom. The molecule has 2 heterocycles. The largest absolute Gasteiger partial charge is 0.356 e. The molecule has 1 aliphatic rings. The summed E-state index contributed by atoms with van der Waals surface area (Å²) in [6.45, 7) is 1.95. The summed E-state index contributed by atoms with van der Waals surface area (Å²) in [6, 6.07) is 10.2. The summed E-state index contributed by atoms with van der Waals surface area (Å²) in [4.78, 5) is 35.5. The molecular formula is C18H13N3O4. The number of aromatic nitrogens is 1. The highest BCUT2D eigenvalue weighted by Gasteiger charge is 2.26. The predicted octanol–water partition coefficient (Wildman–Crippen LogP) is 2.20. The third-order valence-corrected chi connectivity index (χ3v) is 4.05. The van der Waals surface area contributed by atoms with E-state index in [0.29, 0.717) is 22.5 Å². The van der Waals surface area contributed by atoms with Crippen LogP contribution < -0.4 is 10.6 Å². The van der Waals surface area contributed by atoms with Gasteiger partial charge in [-0.1, -0.05) is 16.8 Å². The smallest absolute Gasteiger partial charge is 0.259 e.